The molecule has 1 aromatic heterocycles. The zero-order valence-electron chi connectivity index (χ0n) is 22.3. The van der Waals surface area contributed by atoms with Crippen LogP contribution in [0.1, 0.15) is 36.1 Å². The Balaban J connectivity index is 0.000000860. The zero-order chi connectivity index (χ0) is 33.5. The summed E-state index contributed by atoms with van der Waals surface area (Å²) in [6.45, 7) is 1.40. The van der Waals surface area contributed by atoms with E-state index in [1.807, 2.05) is 0 Å². The first kappa shape index (κ1) is 35.2. The molecule has 0 bridgehead atoms. The van der Waals surface area contributed by atoms with Crippen molar-refractivity contribution in [2.24, 2.45) is 5.73 Å². The van der Waals surface area contributed by atoms with E-state index in [9.17, 15) is 44.3 Å². The van der Waals surface area contributed by atoms with Gasteiger partial charge in [-0.3, -0.25) is 20.0 Å². The predicted molar refractivity (Wildman–Crippen MR) is 142 cm³/mol. The molecule has 0 radical (unpaired) electrons. The van der Waals surface area contributed by atoms with Gasteiger partial charge >= 0.3 is 18.3 Å². The summed E-state index contributed by atoms with van der Waals surface area (Å²) in [6.07, 6.45) is -8.45. The van der Waals surface area contributed by atoms with Gasteiger partial charge in [0.2, 0.25) is 21.7 Å². The maximum atomic E-state index is 13.8. The Morgan fingerprint density at radius 2 is 1.59 bits per heavy atom. The topological polar surface area (TPSA) is 192 Å². The van der Waals surface area contributed by atoms with E-state index in [2.05, 4.69) is 15.6 Å². The molecule has 0 spiro atoms. The van der Waals surface area contributed by atoms with Crippen molar-refractivity contribution in [3.8, 4) is 0 Å². The highest BCUT2D eigenvalue weighted by Gasteiger charge is 2.39. The van der Waals surface area contributed by atoms with Crippen LogP contribution in [0, 0.1) is 5.41 Å². The number of carbonyl (C=O) groups is 3. The molecule has 3 aromatic rings. The van der Waals surface area contributed by atoms with Crippen molar-refractivity contribution in [1.29, 1.82) is 5.41 Å². The van der Waals surface area contributed by atoms with E-state index in [1.54, 1.807) is 0 Å². The summed E-state index contributed by atoms with van der Waals surface area (Å²) < 4.78 is 98.8. The van der Waals surface area contributed by atoms with Gasteiger partial charge in [-0.25, -0.2) is 13.2 Å². The third kappa shape index (κ3) is 9.79. The van der Waals surface area contributed by atoms with Crippen molar-refractivity contribution in [1.82, 2.24) is 10.3 Å². The number of nitrogen functional groups attached to an aromatic ring is 1. The number of amides is 2. The van der Waals surface area contributed by atoms with Gasteiger partial charge in [-0.05, 0) is 61.0 Å². The van der Waals surface area contributed by atoms with Crippen LogP contribution in [0.3, 0.4) is 0 Å². The molecule has 44 heavy (non-hydrogen) atoms. The molecule has 18 heteroatoms. The van der Waals surface area contributed by atoms with Crippen LogP contribution in [0.25, 0.3) is 0 Å². The van der Waals surface area contributed by atoms with Gasteiger partial charge in [-0.1, -0.05) is 6.07 Å². The average molecular weight is 648 g/mol. The van der Waals surface area contributed by atoms with Crippen LogP contribution in [0.4, 0.5) is 32.0 Å². The van der Waals surface area contributed by atoms with Gasteiger partial charge < -0.3 is 21.5 Å². The van der Waals surface area contributed by atoms with Gasteiger partial charge in [-0.2, -0.15) is 26.3 Å². The van der Waals surface area contributed by atoms with Crippen molar-refractivity contribution < 1.29 is 54.3 Å². The second-order valence-corrected chi connectivity index (χ2v) is 10.7. The van der Waals surface area contributed by atoms with Crippen LogP contribution in [0.2, 0.25) is 0 Å². The lowest BCUT2D eigenvalue weighted by molar-refractivity contribution is -0.192. The molecule has 0 fully saturated rings. The number of carbonyl (C=O) groups excluding carboxylic acids is 2. The molecule has 0 saturated carbocycles. The summed E-state index contributed by atoms with van der Waals surface area (Å²) in [5.41, 5.74) is 4.77. The van der Waals surface area contributed by atoms with Crippen molar-refractivity contribution in [2.75, 3.05) is 5.32 Å². The smallest absolute Gasteiger partial charge is 0.475 e. The molecule has 236 valence electrons. The number of aliphatic carboxylic acids is 1. The average Bonchev–Trinajstić information content (AvgIpc) is 2.92. The van der Waals surface area contributed by atoms with E-state index in [-0.39, 0.29) is 11.4 Å². The number of hydrogen-bond acceptors (Lipinski definition) is 7. The first-order chi connectivity index (χ1) is 20.2. The molecule has 0 aliphatic heterocycles. The SMILES string of the molecule is CC(NC(=O)CC(=O)Nc1ccc(C(=N)N)cc1)c1ccc(S(=O)(=O)c2cccnc2)c(C(F)(F)F)c1.O=C(O)C(F)(F)F. The lowest BCUT2D eigenvalue weighted by atomic mass is 10.0. The summed E-state index contributed by atoms with van der Waals surface area (Å²) >= 11 is 0. The standard InChI is InChI=1S/C24H22F3N5O4S.C2HF3O2/c1-14(31-21(33)12-22(34)32-17-7-4-15(5-8-17)23(28)29)16-6-9-20(19(11-16)24(25,26)27)37(35,36)18-3-2-10-30-13-18;3-2(4,5)1(6)7/h2-11,13-14H,12H2,1H3,(H3,28,29)(H,31,33)(H,32,34);(H,6,7). The number of sulfone groups is 1. The fourth-order valence-corrected chi connectivity index (χ4v) is 4.79. The number of amidine groups is 1. The lowest BCUT2D eigenvalue weighted by Gasteiger charge is -2.19. The Bertz CT molecular complexity index is 1630. The highest BCUT2D eigenvalue weighted by molar-refractivity contribution is 7.91. The summed E-state index contributed by atoms with van der Waals surface area (Å²) in [6, 6.07) is 10.1. The predicted octanol–water partition coefficient (Wildman–Crippen LogP) is 4.06. The molecule has 1 unspecified atom stereocenters. The highest BCUT2D eigenvalue weighted by atomic mass is 32.2. The monoisotopic (exact) mass is 647 g/mol. The number of aromatic nitrogens is 1. The number of nitrogens with two attached hydrogens (primary N) is 1. The van der Waals surface area contributed by atoms with E-state index in [0.717, 1.165) is 18.3 Å². The number of pyridine rings is 1. The molecule has 2 amide bonds. The summed E-state index contributed by atoms with van der Waals surface area (Å²) in [5.74, 6) is -4.34. The summed E-state index contributed by atoms with van der Waals surface area (Å²) in [4.78, 5) is 35.7. The molecule has 0 saturated heterocycles. The van der Waals surface area contributed by atoms with E-state index in [1.165, 1.54) is 49.5 Å². The number of carboxylic acids is 1. The Labute approximate surface area is 245 Å². The number of nitrogens with zero attached hydrogens (tertiary/aromatic N) is 1. The van der Waals surface area contributed by atoms with E-state index in [4.69, 9.17) is 21.0 Å². The van der Waals surface area contributed by atoms with Crippen molar-refractivity contribution in [2.45, 2.75) is 41.5 Å². The van der Waals surface area contributed by atoms with Gasteiger partial charge in [0.25, 0.3) is 0 Å². The summed E-state index contributed by atoms with van der Waals surface area (Å²) in [7, 11) is -4.51. The molecular formula is C26H23F6N5O6S. The first-order valence-electron chi connectivity index (χ1n) is 11.9. The Hall–Kier alpha value is -5.00. The van der Waals surface area contributed by atoms with Gasteiger partial charge in [0.1, 0.15) is 12.3 Å². The lowest BCUT2D eigenvalue weighted by Crippen LogP contribution is -2.30. The van der Waals surface area contributed by atoms with Crippen LogP contribution in [0.15, 0.2) is 76.8 Å². The summed E-state index contributed by atoms with van der Waals surface area (Å²) in [5, 5.41) is 19.4. The van der Waals surface area contributed by atoms with Gasteiger partial charge in [0, 0.05) is 23.6 Å². The van der Waals surface area contributed by atoms with Gasteiger partial charge in [-0.15, -0.1) is 0 Å². The maximum absolute atomic E-state index is 13.8. The molecule has 11 nitrogen and oxygen atoms in total. The van der Waals surface area contributed by atoms with Crippen LogP contribution in [-0.4, -0.2) is 48.3 Å². The highest BCUT2D eigenvalue weighted by Crippen LogP contribution is 2.37. The number of nitrogens with one attached hydrogen (secondary N) is 3. The number of carboxylic acid groups (broad SMARTS) is 1. The second-order valence-electron chi connectivity index (χ2n) is 8.75. The molecule has 0 aliphatic rings. The Morgan fingerprint density at radius 1 is 1.00 bits per heavy atom. The van der Waals surface area contributed by atoms with Crippen LogP contribution in [0.5, 0.6) is 0 Å². The maximum Gasteiger partial charge on any atom is 0.490 e. The number of hydrogen-bond donors (Lipinski definition) is 5. The minimum Gasteiger partial charge on any atom is -0.475 e. The van der Waals surface area contributed by atoms with Crippen LogP contribution < -0.4 is 16.4 Å². The Kier molecular flexibility index (Phi) is 11.2. The first-order valence-corrected chi connectivity index (χ1v) is 13.4. The number of alkyl halides is 6. The van der Waals surface area contributed by atoms with Crippen molar-refractivity contribution >= 4 is 39.1 Å². The van der Waals surface area contributed by atoms with E-state index >= 15 is 0 Å². The molecular weight excluding hydrogens is 624 g/mol. The molecule has 1 atom stereocenters. The molecule has 3 rings (SSSR count). The quantitative estimate of drug-likeness (QED) is 0.105. The van der Waals surface area contributed by atoms with Crippen LogP contribution >= 0.6 is 0 Å². The largest absolute Gasteiger partial charge is 0.490 e. The molecule has 0 aliphatic carbocycles. The molecule has 1 heterocycles. The Morgan fingerprint density at radius 3 is 2.07 bits per heavy atom. The second kappa shape index (κ2) is 14.0. The minimum absolute atomic E-state index is 0.00829. The third-order valence-corrected chi connectivity index (χ3v) is 7.26. The fourth-order valence-electron chi connectivity index (χ4n) is 3.37. The molecule has 2 aromatic carbocycles. The number of benzene rings is 2. The molecule has 6 N–H and O–H groups in total. The minimum atomic E-state index is -5.08. The number of anilines is 1. The van der Waals surface area contributed by atoms with Gasteiger partial charge in [0.15, 0.2) is 0 Å². The zero-order valence-corrected chi connectivity index (χ0v) is 23.1. The van der Waals surface area contributed by atoms with Crippen molar-refractivity contribution in [3.63, 3.8) is 0 Å². The van der Waals surface area contributed by atoms with Crippen LogP contribution in [-0.2, 0) is 30.4 Å². The number of rotatable bonds is 8. The van der Waals surface area contributed by atoms with Gasteiger partial charge in [0.05, 0.1) is 21.4 Å². The fraction of sp³-hybridized carbons (Fsp3) is 0.192. The van der Waals surface area contributed by atoms with Crippen molar-refractivity contribution in [3.05, 3.63) is 83.7 Å². The third-order valence-electron chi connectivity index (χ3n) is 5.46. The number of halogens is 6. The van der Waals surface area contributed by atoms with E-state index < -0.39 is 67.8 Å². The van der Waals surface area contributed by atoms with E-state index in [0.29, 0.717) is 17.3 Å². The normalized spacial score (nSPS) is 12.2.